The molecule has 1 aromatic heterocycles. The van der Waals surface area contributed by atoms with Gasteiger partial charge in [-0.3, -0.25) is 0 Å². The Bertz CT molecular complexity index is 748. The summed E-state index contributed by atoms with van der Waals surface area (Å²) in [4.78, 5) is 23.1. The van der Waals surface area contributed by atoms with E-state index in [0.29, 0.717) is 30.6 Å². The minimum Gasteiger partial charge on any atom is -0.352 e. The Labute approximate surface area is 152 Å². The summed E-state index contributed by atoms with van der Waals surface area (Å²) in [7, 11) is 0. The first kappa shape index (κ1) is 17.5. The number of hydrogen-bond donors (Lipinski definition) is 2. The average Bonchev–Trinajstić information content (AvgIpc) is 2.60. The topological polar surface area (TPSA) is 70.2 Å². The first-order chi connectivity index (χ1) is 12.0. The molecule has 7 heteroatoms. The van der Waals surface area contributed by atoms with Crippen LogP contribution in [0.2, 0.25) is 5.02 Å². The van der Waals surface area contributed by atoms with Crippen molar-refractivity contribution in [1.82, 2.24) is 20.2 Å². The van der Waals surface area contributed by atoms with Crippen molar-refractivity contribution in [1.29, 1.82) is 0 Å². The fraction of sp³-hybridized carbons (Fsp3) is 0.389. The molecule has 1 aliphatic rings. The van der Waals surface area contributed by atoms with Crippen LogP contribution in [0.4, 0.5) is 10.7 Å². The summed E-state index contributed by atoms with van der Waals surface area (Å²) < 4.78 is 0. The van der Waals surface area contributed by atoms with Crippen LogP contribution >= 0.6 is 11.6 Å². The van der Waals surface area contributed by atoms with Crippen LogP contribution in [0.5, 0.6) is 0 Å². The molecule has 0 unspecified atom stereocenters. The van der Waals surface area contributed by atoms with Crippen molar-refractivity contribution in [3.8, 4) is 0 Å². The predicted octanol–water partition coefficient (Wildman–Crippen LogP) is 3.22. The quantitative estimate of drug-likeness (QED) is 0.879. The van der Waals surface area contributed by atoms with Crippen molar-refractivity contribution in [3.63, 3.8) is 0 Å². The van der Waals surface area contributed by atoms with Crippen molar-refractivity contribution in [3.05, 3.63) is 52.3 Å². The minimum absolute atomic E-state index is 0.0856. The number of halogens is 1. The molecule has 25 heavy (non-hydrogen) atoms. The first-order valence-electron chi connectivity index (χ1n) is 8.40. The number of rotatable bonds is 4. The van der Waals surface area contributed by atoms with Gasteiger partial charge in [-0.1, -0.05) is 23.7 Å². The summed E-state index contributed by atoms with van der Waals surface area (Å²) in [5, 5.41) is 6.84. The third kappa shape index (κ3) is 4.60. The van der Waals surface area contributed by atoms with E-state index in [0.717, 1.165) is 23.2 Å². The molecule has 2 heterocycles. The maximum absolute atomic E-state index is 12.4. The molecule has 1 aromatic carbocycles. The maximum atomic E-state index is 12.4. The van der Waals surface area contributed by atoms with Crippen LogP contribution in [-0.2, 0) is 19.5 Å². The molecule has 0 bridgehead atoms. The lowest BCUT2D eigenvalue weighted by Gasteiger charge is -2.28. The number of benzene rings is 1. The first-order valence-corrected chi connectivity index (χ1v) is 8.77. The van der Waals surface area contributed by atoms with Crippen LogP contribution in [0.1, 0.15) is 30.7 Å². The van der Waals surface area contributed by atoms with Gasteiger partial charge in [0, 0.05) is 30.4 Å². The smallest absolute Gasteiger partial charge is 0.318 e. The van der Waals surface area contributed by atoms with Crippen molar-refractivity contribution >= 4 is 23.6 Å². The summed E-state index contributed by atoms with van der Waals surface area (Å²) in [5.74, 6) is 0.608. The molecule has 6 nitrogen and oxygen atoms in total. The van der Waals surface area contributed by atoms with Gasteiger partial charge >= 0.3 is 6.03 Å². The summed E-state index contributed by atoms with van der Waals surface area (Å²) in [6.45, 7) is 5.72. The summed E-state index contributed by atoms with van der Waals surface area (Å²) >= 11 is 5.88. The van der Waals surface area contributed by atoms with E-state index in [1.165, 1.54) is 0 Å². The predicted molar refractivity (Wildman–Crippen MR) is 98.6 cm³/mol. The molecule has 1 aliphatic heterocycles. The molecule has 0 saturated carbocycles. The highest BCUT2D eigenvalue weighted by Crippen LogP contribution is 2.18. The van der Waals surface area contributed by atoms with E-state index in [9.17, 15) is 4.79 Å². The van der Waals surface area contributed by atoms with E-state index in [2.05, 4.69) is 20.6 Å². The van der Waals surface area contributed by atoms with Crippen LogP contribution in [0.3, 0.4) is 0 Å². The van der Waals surface area contributed by atoms with Gasteiger partial charge in [-0.25, -0.2) is 14.8 Å². The van der Waals surface area contributed by atoms with E-state index in [1.54, 1.807) is 4.90 Å². The lowest BCUT2D eigenvalue weighted by molar-refractivity contribution is 0.191. The fourth-order valence-electron chi connectivity index (χ4n) is 2.70. The zero-order valence-electron chi connectivity index (χ0n) is 14.4. The van der Waals surface area contributed by atoms with Crippen molar-refractivity contribution in [2.24, 2.45) is 0 Å². The summed E-state index contributed by atoms with van der Waals surface area (Å²) in [6.07, 6.45) is 2.63. The molecule has 3 rings (SSSR count). The normalized spacial score (nSPS) is 13.5. The molecule has 0 spiro atoms. The number of hydrogen-bond acceptors (Lipinski definition) is 4. The zero-order valence-corrected chi connectivity index (χ0v) is 15.2. The van der Waals surface area contributed by atoms with E-state index in [1.807, 2.05) is 44.3 Å². The number of fused-ring (bicyclic) bond motifs is 1. The SMILES string of the molecule is CC(C)Nc1ncc2c(n1)CN(C(=O)NCc1ccc(Cl)cc1)CC2. The minimum atomic E-state index is -0.0856. The Morgan fingerprint density at radius 1 is 1.32 bits per heavy atom. The molecule has 2 amide bonds. The Morgan fingerprint density at radius 3 is 2.80 bits per heavy atom. The van der Waals surface area contributed by atoms with Gasteiger partial charge in [0.1, 0.15) is 0 Å². The average molecular weight is 360 g/mol. The molecular weight excluding hydrogens is 338 g/mol. The zero-order chi connectivity index (χ0) is 17.8. The molecule has 132 valence electrons. The van der Waals surface area contributed by atoms with Crippen LogP contribution in [0.25, 0.3) is 0 Å². The van der Waals surface area contributed by atoms with Crippen molar-refractivity contribution in [2.75, 3.05) is 11.9 Å². The molecule has 0 aliphatic carbocycles. The molecule has 0 radical (unpaired) electrons. The highest BCUT2D eigenvalue weighted by atomic mass is 35.5. The number of amides is 2. The van der Waals surface area contributed by atoms with Gasteiger partial charge in [-0.05, 0) is 43.5 Å². The number of carbonyl (C=O) groups excluding carboxylic acids is 1. The Hall–Kier alpha value is -2.34. The highest BCUT2D eigenvalue weighted by molar-refractivity contribution is 6.30. The van der Waals surface area contributed by atoms with Crippen LogP contribution in [0.15, 0.2) is 30.5 Å². The second kappa shape index (κ2) is 7.70. The Morgan fingerprint density at radius 2 is 2.08 bits per heavy atom. The van der Waals surface area contributed by atoms with Crippen molar-refractivity contribution in [2.45, 2.75) is 39.4 Å². The molecule has 2 aromatic rings. The van der Waals surface area contributed by atoms with Gasteiger partial charge < -0.3 is 15.5 Å². The molecule has 0 atom stereocenters. The maximum Gasteiger partial charge on any atom is 0.318 e. The molecule has 0 fully saturated rings. The second-order valence-electron chi connectivity index (χ2n) is 6.42. The molecule has 0 saturated heterocycles. The number of nitrogens with one attached hydrogen (secondary N) is 2. The van der Waals surface area contributed by atoms with Crippen LogP contribution < -0.4 is 10.6 Å². The third-order valence-electron chi connectivity index (χ3n) is 4.01. The van der Waals surface area contributed by atoms with Gasteiger partial charge in [0.05, 0.1) is 12.2 Å². The van der Waals surface area contributed by atoms with E-state index in [-0.39, 0.29) is 12.1 Å². The number of nitrogens with zero attached hydrogens (tertiary/aromatic N) is 3. The third-order valence-corrected chi connectivity index (χ3v) is 4.26. The lowest BCUT2D eigenvalue weighted by Crippen LogP contribution is -2.42. The van der Waals surface area contributed by atoms with E-state index in [4.69, 9.17) is 11.6 Å². The van der Waals surface area contributed by atoms with Gasteiger partial charge in [-0.15, -0.1) is 0 Å². The summed E-state index contributed by atoms with van der Waals surface area (Å²) in [6, 6.07) is 7.63. The van der Waals surface area contributed by atoms with Crippen LogP contribution in [-0.4, -0.2) is 33.5 Å². The number of aromatic nitrogens is 2. The van der Waals surface area contributed by atoms with Gasteiger partial charge in [0.25, 0.3) is 0 Å². The van der Waals surface area contributed by atoms with Gasteiger partial charge in [0.2, 0.25) is 5.95 Å². The van der Waals surface area contributed by atoms with Gasteiger partial charge in [0.15, 0.2) is 0 Å². The Kier molecular flexibility index (Phi) is 5.38. The number of urea groups is 1. The standard InChI is InChI=1S/C18H22ClN5O/c1-12(2)22-17-20-10-14-7-8-24(11-16(14)23-17)18(25)21-9-13-3-5-15(19)6-4-13/h3-6,10,12H,7-9,11H2,1-2H3,(H,21,25)(H,20,22,23). The van der Waals surface area contributed by atoms with E-state index >= 15 is 0 Å². The molecule has 2 N–H and O–H groups in total. The largest absolute Gasteiger partial charge is 0.352 e. The van der Waals surface area contributed by atoms with Crippen LogP contribution in [0, 0.1) is 0 Å². The number of anilines is 1. The number of carbonyl (C=O) groups is 1. The van der Waals surface area contributed by atoms with E-state index < -0.39 is 0 Å². The van der Waals surface area contributed by atoms with Crippen molar-refractivity contribution < 1.29 is 4.79 Å². The second-order valence-corrected chi connectivity index (χ2v) is 6.86. The van der Waals surface area contributed by atoms with Gasteiger partial charge in [-0.2, -0.15) is 0 Å². The summed E-state index contributed by atoms with van der Waals surface area (Å²) in [5.41, 5.74) is 3.03. The lowest BCUT2D eigenvalue weighted by atomic mass is 10.1. The Balaban J connectivity index is 1.61. The highest BCUT2D eigenvalue weighted by Gasteiger charge is 2.22. The molecular formula is C18H22ClN5O. The fourth-order valence-corrected chi connectivity index (χ4v) is 2.82. The monoisotopic (exact) mass is 359 g/mol.